The maximum absolute atomic E-state index is 12.6. The number of phenolic OH excluding ortho intramolecular Hbond substituents is 1. The summed E-state index contributed by atoms with van der Waals surface area (Å²) in [6.07, 6.45) is 4.50. The molecular formula is C16H14Cl2N2O3. The van der Waals surface area contributed by atoms with Crippen LogP contribution >= 0.6 is 23.2 Å². The number of aromatic nitrogens is 1. The van der Waals surface area contributed by atoms with Gasteiger partial charge in [-0.2, -0.15) is 0 Å². The molecule has 1 fully saturated rings. The summed E-state index contributed by atoms with van der Waals surface area (Å²) in [7, 11) is 1.44. The number of nitrogens with zero attached hydrogens (tertiary/aromatic N) is 1. The molecule has 0 saturated heterocycles. The lowest BCUT2D eigenvalue weighted by Crippen LogP contribution is -2.35. The fraction of sp³-hybridized carbons (Fsp3) is 0.250. The Kier molecular flexibility index (Phi) is 4.08. The van der Waals surface area contributed by atoms with Crippen molar-refractivity contribution in [2.24, 2.45) is 0 Å². The van der Waals surface area contributed by atoms with E-state index in [0.29, 0.717) is 26.9 Å². The molecule has 0 radical (unpaired) electrons. The molecule has 0 bridgehead atoms. The van der Waals surface area contributed by atoms with E-state index in [1.807, 2.05) is 0 Å². The summed E-state index contributed by atoms with van der Waals surface area (Å²) in [5, 5.41) is 13.3. The zero-order chi connectivity index (χ0) is 16.6. The van der Waals surface area contributed by atoms with Crippen molar-refractivity contribution in [3.8, 4) is 11.5 Å². The maximum Gasteiger partial charge on any atom is 0.255 e. The van der Waals surface area contributed by atoms with E-state index in [1.54, 1.807) is 0 Å². The van der Waals surface area contributed by atoms with Crippen LogP contribution in [0.25, 0.3) is 0 Å². The SMILES string of the molecule is COc1cc(O)ccc1C(=O)NC1(c2c(Cl)cncc2Cl)CC1. The van der Waals surface area contributed by atoms with Crippen LogP contribution in [-0.4, -0.2) is 23.1 Å². The summed E-state index contributed by atoms with van der Waals surface area (Å²) in [5.41, 5.74) is 0.427. The van der Waals surface area contributed by atoms with Crippen LogP contribution in [0.5, 0.6) is 11.5 Å². The standard InChI is InChI=1S/C16H14Cl2N2O3/c1-23-13-6-9(21)2-3-10(13)15(22)20-16(4-5-16)14-11(17)7-19-8-12(14)18/h2-3,6-8,21H,4-5H2,1H3,(H,20,22). The van der Waals surface area contributed by atoms with Gasteiger partial charge in [0.15, 0.2) is 0 Å². The lowest BCUT2D eigenvalue weighted by molar-refractivity contribution is 0.0928. The van der Waals surface area contributed by atoms with Gasteiger partial charge in [0.2, 0.25) is 0 Å². The number of nitrogens with one attached hydrogen (secondary N) is 1. The number of rotatable bonds is 4. The molecule has 7 heteroatoms. The normalized spacial score (nSPS) is 15.1. The van der Waals surface area contributed by atoms with Crippen molar-refractivity contribution in [3.05, 3.63) is 51.8 Å². The monoisotopic (exact) mass is 352 g/mol. The highest BCUT2D eigenvalue weighted by atomic mass is 35.5. The highest BCUT2D eigenvalue weighted by Gasteiger charge is 2.48. The van der Waals surface area contributed by atoms with Gasteiger partial charge >= 0.3 is 0 Å². The van der Waals surface area contributed by atoms with Crippen LogP contribution in [0.1, 0.15) is 28.8 Å². The van der Waals surface area contributed by atoms with Gasteiger partial charge in [0.1, 0.15) is 11.5 Å². The molecule has 2 aromatic rings. The fourth-order valence-corrected chi connectivity index (χ4v) is 3.31. The van der Waals surface area contributed by atoms with E-state index in [1.165, 1.54) is 37.7 Å². The van der Waals surface area contributed by atoms with Crippen molar-refractivity contribution in [1.29, 1.82) is 0 Å². The Morgan fingerprint density at radius 1 is 1.30 bits per heavy atom. The largest absolute Gasteiger partial charge is 0.508 e. The van der Waals surface area contributed by atoms with Crippen LogP contribution in [-0.2, 0) is 5.54 Å². The molecular weight excluding hydrogens is 339 g/mol. The number of methoxy groups -OCH3 is 1. The number of pyridine rings is 1. The van der Waals surface area contributed by atoms with Crippen molar-refractivity contribution in [2.75, 3.05) is 7.11 Å². The smallest absolute Gasteiger partial charge is 0.255 e. The van der Waals surface area contributed by atoms with E-state index in [0.717, 1.165) is 12.8 Å². The van der Waals surface area contributed by atoms with Gasteiger partial charge in [-0.3, -0.25) is 9.78 Å². The number of amides is 1. The predicted molar refractivity (Wildman–Crippen MR) is 87.3 cm³/mol. The van der Waals surface area contributed by atoms with E-state index in [-0.39, 0.29) is 11.7 Å². The van der Waals surface area contributed by atoms with Crippen molar-refractivity contribution in [2.45, 2.75) is 18.4 Å². The molecule has 1 aliphatic carbocycles. The molecule has 0 spiro atoms. The van der Waals surface area contributed by atoms with E-state index < -0.39 is 5.54 Å². The van der Waals surface area contributed by atoms with Gasteiger partial charge in [-0.25, -0.2) is 0 Å². The van der Waals surface area contributed by atoms with Crippen LogP contribution in [0, 0.1) is 0 Å². The molecule has 2 N–H and O–H groups in total. The van der Waals surface area contributed by atoms with Crippen LogP contribution in [0.4, 0.5) is 0 Å². The first-order chi connectivity index (χ1) is 11.0. The zero-order valence-corrected chi connectivity index (χ0v) is 13.8. The van der Waals surface area contributed by atoms with Gasteiger partial charge in [0.25, 0.3) is 5.91 Å². The van der Waals surface area contributed by atoms with Gasteiger partial charge in [0, 0.05) is 24.0 Å². The van der Waals surface area contributed by atoms with Gasteiger partial charge in [-0.05, 0) is 25.0 Å². The molecule has 1 saturated carbocycles. The third kappa shape index (κ3) is 2.94. The number of hydrogen-bond donors (Lipinski definition) is 2. The number of phenols is 1. The summed E-state index contributed by atoms with van der Waals surface area (Å²) in [6.45, 7) is 0. The average molecular weight is 353 g/mol. The number of ether oxygens (including phenoxy) is 1. The molecule has 0 atom stereocenters. The van der Waals surface area contributed by atoms with Gasteiger partial charge in [-0.1, -0.05) is 23.2 Å². The Bertz CT molecular complexity index is 756. The molecule has 0 unspecified atom stereocenters. The highest BCUT2D eigenvalue weighted by Crippen LogP contribution is 2.50. The lowest BCUT2D eigenvalue weighted by Gasteiger charge is -2.21. The first-order valence-electron chi connectivity index (χ1n) is 6.96. The zero-order valence-electron chi connectivity index (χ0n) is 12.3. The molecule has 5 nitrogen and oxygen atoms in total. The third-order valence-electron chi connectivity index (χ3n) is 3.86. The number of carbonyl (C=O) groups excluding carboxylic acids is 1. The first-order valence-corrected chi connectivity index (χ1v) is 7.71. The number of aromatic hydroxyl groups is 1. The molecule has 1 aliphatic rings. The van der Waals surface area contributed by atoms with E-state index in [9.17, 15) is 9.90 Å². The molecule has 120 valence electrons. The Morgan fingerprint density at radius 3 is 2.52 bits per heavy atom. The highest BCUT2D eigenvalue weighted by molar-refractivity contribution is 6.36. The molecule has 1 amide bonds. The number of carbonyl (C=O) groups is 1. The summed E-state index contributed by atoms with van der Waals surface area (Å²) in [5.74, 6) is 0.00766. The van der Waals surface area contributed by atoms with Crippen LogP contribution < -0.4 is 10.1 Å². The van der Waals surface area contributed by atoms with Gasteiger partial charge < -0.3 is 15.2 Å². The van der Waals surface area contributed by atoms with E-state index >= 15 is 0 Å². The molecule has 1 aromatic carbocycles. The summed E-state index contributed by atoms with van der Waals surface area (Å²) >= 11 is 12.4. The molecule has 1 aromatic heterocycles. The molecule has 23 heavy (non-hydrogen) atoms. The topological polar surface area (TPSA) is 71.5 Å². The van der Waals surface area contributed by atoms with Crippen molar-refractivity contribution < 1.29 is 14.6 Å². The van der Waals surface area contributed by atoms with Crippen molar-refractivity contribution >= 4 is 29.1 Å². The quantitative estimate of drug-likeness (QED) is 0.882. The maximum atomic E-state index is 12.6. The second-order valence-electron chi connectivity index (χ2n) is 5.40. The Balaban J connectivity index is 1.92. The Morgan fingerprint density at radius 2 is 1.96 bits per heavy atom. The minimum atomic E-state index is -0.586. The number of benzene rings is 1. The van der Waals surface area contributed by atoms with E-state index in [2.05, 4.69) is 10.3 Å². The second kappa shape index (κ2) is 5.91. The summed E-state index contributed by atoms with van der Waals surface area (Å²) in [4.78, 5) is 16.5. The Labute approximate surface area is 143 Å². The minimum Gasteiger partial charge on any atom is -0.508 e. The third-order valence-corrected chi connectivity index (χ3v) is 4.44. The lowest BCUT2D eigenvalue weighted by atomic mass is 10.0. The predicted octanol–water partition coefficient (Wildman–Crippen LogP) is 3.52. The van der Waals surface area contributed by atoms with Crippen LogP contribution in [0.3, 0.4) is 0 Å². The molecule has 0 aliphatic heterocycles. The molecule has 3 rings (SSSR count). The second-order valence-corrected chi connectivity index (χ2v) is 6.21. The van der Waals surface area contributed by atoms with Crippen molar-refractivity contribution in [1.82, 2.24) is 10.3 Å². The van der Waals surface area contributed by atoms with Crippen LogP contribution in [0.15, 0.2) is 30.6 Å². The molecule has 1 heterocycles. The first kappa shape index (κ1) is 15.9. The van der Waals surface area contributed by atoms with E-state index in [4.69, 9.17) is 27.9 Å². The Hall–Kier alpha value is -1.98. The number of hydrogen-bond acceptors (Lipinski definition) is 4. The van der Waals surface area contributed by atoms with Gasteiger partial charge in [0.05, 0.1) is 28.3 Å². The summed E-state index contributed by atoms with van der Waals surface area (Å²) < 4.78 is 5.15. The van der Waals surface area contributed by atoms with Crippen molar-refractivity contribution in [3.63, 3.8) is 0 Å². The van der Waals surface area contributed by atoms with Crippen LogP contribution in [0.2, 0.25) is 10.0 Å². The average Bonchev–Trinajstić information content (AvgIpc) is 3.26. The minimum absolute atomic E-state index is 0.0276. The fourth-order valence-electron chi connectivity index (χ4n) is 2.58. The van der Waals surface area contributed by atoms with Gasteiger partial charge in [-0.15, -0.1) is 0 Å². The summed E-state index contributed by atoms with van der Waals surface area (Å²) in [6, 6.07) is 4.33. The number of halogens is 2.